The molecule has 1 aliphatic heterocycles. The number of benzene rings is 1. The van der Waals surface area contributed by atoms with Crippen LogP contribution < -0.4 is 5.32 Å². The minimum Gasteiger partial charge on any atom is -0.281 e. The summed E-state index contributed by atoms with van der Waals surface area (Å²) in [6.07, 6.45) is 0. The Morgan fingerprint density at radius 2 is 1.94 bits per heavy atom. The molecule has 1 amide bonds. The molecule has 0 bridgehead atoms. The fraction of sp³-hybridized carbons (Fsp3) is 0.500. The second-order valence-corrected chi connectivity index (χ2v) is 5.20. The van der Waals surface area contributed by atoms with E-state index in [-0.39, 0.29) is 17.9 Å². The van der Waals surface area contributed by atoms with Crippen LogP contribution in [0.1, 0.15) is 32.3 Å². The highest BCUT2D eigenvalue weighted by atomic mass is 16.7. The Kier molecular flexibility index (Phi) is 3.41. The molecule has 0 radical (unpaired) electrons. The van der Waals surface area contributed by atoms with E-state index in [0.29, 0.717) is 0 Å². The van der Waals surface area contributed by atoms with Crippen LogP contribution in [-0.4, -0.2) is 29.8 Å². The van der Waals surface area contributed by atoms with E-state index in [1.54, 1.807) is 0 Å². The largest absolute Gasteiger partial charge is 0.281 e. The molecule has 1 N–H and O–H groups in total. The maximum atomic E-state index is 12.3. The Bertz CT molecular complexity index is 431. The van der Waals surface area contributed by atoms with Gasteiger partial charge < -0.3 is 0 Å². The van der Waals surface area contributed by atoms with E-state index in [1.165, 1.54) is 12.2 Å². The molecule has 1 fully saturated rings. The van der Waals surface area contributed by atoms with Gasteiger partial charge in [-0.1, -0.05) is 37.3 Å². The molecule has 2 atom stereocenters. The predicted molar refractivity (Wildman–Crippen MR) is 69.7 cm³/mol. The summed E-state index contributed by atoms with van der Waals surface area (Å²) in [6.45, 7) is 5.93. The minimum absolute atomic E-state index is 0.0150. The lowest BCUT2D eigenvalue weighted by molar-refractivity contribution is -0.192. The van der Waals surface area contributed by atoms with Gasteiger partial charge in [-0.2, -0.15) is 0 Å². The van der Waals surface area contributed by atoms with Crippen LogP contribution in [0.2, 0.25) is 0 Å². The molecule has 0 saturated carbocycles. The summed E-state index contributed by atoms with van der Waals surface area (Å²) >= 11 is 0. The molecule has 0 aliphatic carbocycles. The molecule has 4 nitrogen and oxygen atoms in total. The van der Waals surface area contributed by atoms with E-state index in [9.17, 15) is 4.79 Å². The third kappa shape index (κ3) is 2.13. The first-order valence-corrected chi connectivity index (χ1v) is 6.18. The van der Waals surface area contributed by atoms with Gasteiger partial charge in [0.1, 0.15) is 5.66 Å². The lowest BCUT2D eigenvalue weighted by Crippen LogP contribution is -2.46. The van der Waals surface area contributed by atoms with Crippen molar-refractivity contribution < 1.29 is 9.63 Å². The fourth-order valence-corrected chi connectivity index (χ4v) is 2.51. The summed E-state index contributed by atoms with van der Waals surface area (Å²) in [6, 6.07) is 9.80. The van der Waals surface area contributed by atoms with Gasteiger partial charge in [-0.3, -0.25) is 14.9 Å². The van der Waals surface area contributed by atoms with Crippen molar-refractivity contribution in [2.45, 2.75) is 38.4 Å². The van der Waals surface area contributed by atoms with Crippen LogP contribution in [0.15, 0.2) is 30.3 Å². The van der Waals surface area contributed by atoms with Crippen LogP contribution in [-0.2, 0) is 9.63 Å². The molecule has 4 heteroatoms. The zero-order chi connectivity index (χ0) is 13.3. The molecule has 0 aromatic heterocycles. The highest BCUT2D eigenvalue weighted by Gasteiger charge is 2.47. The van der Waals surface area contributed by atoms with E-state index >= 15 is 0 Å². The van der Waals surface area contributed by atoms with Crippen molar-refractivity contribution in [1.29, 1.82) is 0 Å². The van der Waals surface area contributed by atoms with Gasteiger partial charge in [0.05, 0.1) is 13.2 Å². The third-order valence-corrected chi connectivity index (χ3v) is 3.49. The summed E-state index contributed by atoms with van der Waals surface area (Å²) in [5.74, 6) is 0.0944. The van der Waals surface area contributed by atoms with Crippen molar-refractivity contribution in [3.63, 3.8) is 0 Å². The quantitative estimate of drug-likeness (QED) is 0.888. The van der Waals surface area contributed by atoms with E-state index in [0.717, 1.165) is 5.56 Å². The number of amides is 1. The van der Waals surface area contributed by atoms with Crippen molar-refractivity contribution in [1.82, 2.24) is 10.4 Å². The first-order valence-electron chi connectivity index (χ1n) is 6.18. The van der Waals surface area contributed by atoms with E-state index in [1.807, 2.05) is 44.2 Å². The lowest BCUT2D eigenvalue weighted by Gasteiger charge is -2.28. The number of hydrogen-bond acceptors (Lipinski definition) is 3. The van der Waals surface area contributed by atoms with Gasteiger partial charge in [0.15, 0.2) is 0 Å². The Balaban J connectivity index is 2.23. The van der Waals surface area contributed by atoms with Gasteiger partial charge in [0.25, 0.3) is 5.91 Å². The molecular formula is C14H20N2O2. The monoisotopic (exact) mass is 248 g/mol. The summed E-state index contributed by atoms with van der Waals surface area (Å²) < 4.78 is 0. The van der Waals surface area contributed by atoms with Crippen LogP contribution >= 0.6 is 0 Å². The topological polar surface area (TPSA) is 41.6 Å². The zero-order valence-corrected chi connectivity index (χ0v) is 11.3. The molecule has 1 aliphatic rings. The van der Waals surface area contributed by atoms with Crippen LogP contribution in [0.3, 0.4) is 0 Å². The average Bonchev–Trinajstić information content (AvgIpc) is 2.59. The maximum absolute atomic E-state index is 12.3. The smallest absolute Gasteiger partial charge is 0.265 e. The van der Waals surface area contributed by atoms with Crippen LogP contribution in [0, 0.1) is 0 Å². The molecule has 1 aromatic rings. The van der Waals surface area contributed by atoms with Crippen molar-refractivity contribution in [2.75, 3.05) is 7.11 Å². The fourth-order valence-electron chi connectivity index (χ4n) is 2.51. The normalized spacial score (nSPS) is 24.3. The number of carbonyl (C=O) groups excluding carboxylic acids is 1. The van der Waals surface area contributed by atoms with Crippen molar-refractivity contribution >= 4 is 5.91 Å². The molecule has 18 heavy (non-hydrogen) atoms. The number of hydroxylamine groups is 2. The standard InChI is InChI=1S/C14H20N2O2/c1-10(11-8-6-5-7-9-11)12-13(17)16(18-4)14(2,3)15-12/h5-10,12,15H,1-4H3. The SMILES string of the molecule is CON1C(=O)C(C(C)c2ccccc2)NC1(C)C. The Labute approximate surface area is 108 Å². The van der Waals surface area contributed by atoms with Gasteiger partial charge in [-0.25, -0.2) is 5.06 Å². The second-order valence-electron chi connectivity index (χ2n) is 5.20. The van der Waals surface area contributed by atoms with Gasteiger partial charge in [-0.15, -0.1) is 0 Å². The first-order chi connectivity index (χ1) is 8.47. The highest BCUT2D eigenvalue weighted by Crippen LogP contribution is 2.29. The summed E-state index contributed by atoms with van der Waals surface area (Å²) in [4.78, 5) is 17.5. The van der Waals surface area contributed by atoms with Crippen LogP contribution in [0.25, 0.3) is 0 Å². The van der Waals surface area contributed by atoms with Gasteiger partial charge in [0.2, 0.25) is 0 Å². The molecule has 1 heterocycles. The van der Waals surface area contributed by atoms with Gasteiger partial charge in [0, 0.05) is 5.92 Å². The van der Waals surface area contributed by atoms with Gasteiger partial charge >= 0.3 is 0 Å². The lowest BCUT2D eigenvalue weighted by atomic mass is 9.93. The molecule has 2 unspecified atom stereocenters. The third-order valence-electron chi connectivity index (χ3n) is 3.49. The number of hydrogen-bond donors (Lipinski definition) is 1. The van der Waals surface area contributed by atoms with E-state index in [4.69, 9.17) is 4.84 Å². The van der Waals surface area contributed by atoms with Gasteiger partial charge in [-0.05, 0) is 19.4 Å². The van der Waals surface area contributed by atoms with E-state index in [2.05, 4.69) is 12.2 Å². The highest BCUT2D eigenvalue weighted by molar-refractivity contribution is 5.85. The van der Waals surface area contributed by atoms with Crippen LogP contribution in [0.4, 0.5) is 0 Å². The Morgan fingerprint density at radius 3 is 2.44 bits per heavy atom. The van der Waals surface area contributed by atoms with Crippen molar-refractivity contribution in [3.05, 3.63) is 35.9 Å². The average molecular weight is 248 g/mol. The molecular weight excluding hydrogens is 228 g/mol. The van der Waals surface area contributed by atoms with Crippen molar-refractivity contribution in [3.8, 4) is 0 Å². The minimum atomic E-state index is -0.473. The molecule has 0 spiro atoms. The number of carbonyl (C=O) groups is 1. The number of nitrogens with zero attached hydrogens (tertiary/aromatic N) is 1. The second kappa shape index (κ2) is 4.71. The Morgan fingerprint density at radius 1 is 1.33 bits per heavy atom. The molecule has 1 aromatic carbocycles. The molecule has 1 saturated heterocycles. The molecule has 98 valence electrons. The summed E-state index contributed by atoms with van der Waals surface area (Å²) in [5, 5.41) is 4.74. The zero-order valence-electron chi connectivity index (χ0n) is 11.3. The first kappa shape index (κ1) is 13.1. The van der Waals surface area contributed by atoms with Crippen LogP contribution in [0.5, 0.6) is 0 Å². The molecule has 2 rings (SSSR count). The maximum Gasteiger partial charge on any atom is 0.265 e. The summed E-state index contributed by atoms with van der Waals surface area (Å²) in [7, 11) is 1.52. The van der Waals surface area contributed by atoms with E-state index < -0.39 is 5.66 Å². The predicted octanol–water partition coefficient (Wildman–Crippen LogP) is 1.89. The number of nitrogens with one attached hydrogen (secondary N) is 1. The number of rotatable bonds is 3. The Hall–Kier alpha value is -1.39. The van der Waals surface area contributed by atoms with Crippen molar-refractivity contribution in [2.24, 2.45) is 0 Å². The summed E-state index contributed by atoms with van der Waals surface area (Å²) in [5.41, 5.74) is 0.677.